The highest BCUT2D eigenvalue weighted by Gasteiger charge is 2.32. The number of rotatable bonds is 8. The number of piperazine rings is 1. The number of carbonyl (C=O) groups is 1. The van der Waals surface area contributed by atoms with E-state index in [-0.39, 0.29) is 5.91 Å². The molecule has 1 aromatic heterocycles. The van der Waals surface area contributed by atoms with Crippen LogP contribution >= 0.6 is 23.1 Å². The van der Waals surface area contributed by atoms with E-state index >= 15 is 0 Å². The molecule has 1 aromatic carbocycles. The van der Waals surface area contributed by atoms with E-state index in [2.05, 4.69) is 14.6 Å². The fraction of sp³-hybridized carbons (Fsp3) is 0.444. The first-order valence-corrected chi connectivity index (χ1v) is 12.9. The Kier molecular flexibility index (Phi) is 7.49. The van der Waals surface area contributed by atoms with Crippen molar-refractivity contribution in [2.75, 3.05) is 43.1 Å². The highest BCUT2D eigenvalue weighted by molar-refractivity contribution is 7.98. The maximum Gasteiger partial charge on any atom is 0.244 e. The minimum Gasteiger partial charge on any atom is -0.345 e. The van der Waals surface area contributed by atoms with Gasteiger partial charge in [-0.25, -0.2) is 17.8 Å². The number of halogens is 1. The van der Waals surface area contributed by atoms with E-state index in [0.717, 1.165) is 11.2 Å². The van der Waals surface area contributed by atoms with Crippen LogP contribution in [0.5, 0.6) is 0 Å². The third kappa shape index (κ3) is 5.47. The van der Waals surface area contributed by atoms with Crippen LogP contribution in [-0.4, -0.2) is 68.4 Å². The Morgan fingerprint density at radius 3 is 2.66 bits per heavy atom. The molecule has 1 amide bonds. The lowest BCUT2D eigenvalue weighted by molar-refractivity contribution is -0.133. The standard InChI is InChI=1S/C18H23FN4O3S3/c1-27-12-6-15(21-29(25,26)16-5-3-2-4-14(16)19)17(24)22-8-10-23(11-9-22)18-20-7-13-28-18/h2-5,7,13,15,21H,6,8-12H2,1H3. The minimum atomic E-state index is -4.15. The monoisotopic (exact) mass is 458 g/mol. The SMILES string of the molecule is CSCCC(NS(=O)(=O)c1ccccc1F)C(=O)N1CCN(c2nccs2)CC1. The number of thioether (sulfide) groups is 1. The number of hydrogen-bond acceptors (Lipinski definition) is 7. The van der Waals surface area contributed by atoms with Gasteiger partial charge in [0.25, 0.3) is 0 Å². The Balaban J connectivity index is 1.70. The fourth-order valence-electron chi connectivity index (χ4n) is 3.09. The smallest absolute Gasteiger partial charge is 0.244 e. The number of anilines is 1. The van der Waals surface area contributed by atoms with Gasteiger partial charge < -0.3 is 9.80 Å². The molecule has 0 saturated carbocycles. The predicted octanol–water partition coefficient (Wildman–Crippen LogP) is 2.03. The van der Waals surface area contributed by atoms with Gasteiger partial charge in [0.1, 0.15) is 16.8 Å². The number of thiazole rings is 1. The summed E-state index contributed by atoms with van der Waals surface area (Å²) in [7, 11) is -4.15. The van der Waals surface area contributed by atoms with Crippen molar-refractivity contribution in [2.24, 2.45) is 0 Å². The van der Waals surface area contributed by atoms with E-state index in [1.807, 2.05) is 11.6 Å². The fourth-order valence-corrected chi connectivity index (χ4v) is 5.56. The van der Waals surface area contributed by atoms with Crippen molar-refractivity contribution in [2.45, 2.75) is 17.4 Å². The summed E-state index contributed by atoms with van der Waals surface area (Å²) in [6.07, 6.45) is 3.97. The van der Waals surface area contributed by atoms with Gasteiger partial charge in [-0.2, -0.15) is 16.5 Å². The summed E-state index contributed by atoms with van der Waals surface area (Å²) >= 11 is 3.07. The molecule has 0 spiro atoms. The molecule has 1 aliphatic rings. The van der Waals surface area contributed by atoms with Crippen LogP contribution in [-0.2, 0) is 14.8 Å². The maximum absolute atomic E-state index is 14.0. The van der Waals surface area contributed by atoms with E-state index in [1.165, 1.54) is 30.0 Å². The van der Waals surface area contributed by atoms with Crippen molar-refractivity contribution >= 4 is 44.2 Å². The number of amides is 1. The Bertz CT molecular complexity index is 916. The first-order chi connectivity index (χ1) is 13.9. The van der Waals surface area contributed by atoms with Crippen molar-refractivity contribution in [1.29, 1.82) is 0 Å². The molecule has 7 nitrogen and oxygen atoms in total. The number of hydrogen-bond donors (Lipinski definition) is 1. The number of nitrogens with zero attached hydrogens (tertiary/aromatic N) is 3. The lowest BCUT2D eigenvalue weighted by atomic mass is 10.2. The Morgan fingerprint density at radius 2 is 2.03 bits per heavy atom. The maximum atomic E-state index is 14.0. The van der Waals surface area contributed by atoms with Gasteiger partial charge in [0.15, 0.2) is 5.13 Å². The van der Waals surface area contributed by atoms with Gasteiger partial charge in [0.05, 0.1) is 0 Å². The molecular formula is C18H23FN4O3S3. The molecular weight excluding hydrogens is 435 g/mol. The Hall–Kier alpha value is -1.69. The summed E-state index contributed by atoms with van der Waals surface area (Å²) in [5.41, 5.74) is 0. The van der Waals surface area contributed by atoms with Crippen LogP contribution in [0.25, 0.3) is 0 Å². The van der Waals surface area contributed by atoms with Crippen LogP contribution in [0.3, 0.4) is 0 Å². The van der Waals surface area contributed by atoms with Gasteiger partial charge in [-0.05, 0) is 30.6 Å². The molecule has 29 heavy (non-hydrogen) atoms. The number of carbonyl (C=O) groups excluding carboxylic acids is 1. The van der Waals surface area contributed by atoms with Gasteiger partial charge in [-0.15, -0.1) is 11.3 Å². The summed E-state index contributed by atoms with van der Waals surface area (Å²) in [6, 6.07) is 4.23. The Morgan fingerprint density at radius 1 is 1.31 bits per heavy atom. The number of aromatic nitrogens is 1. The van der Waals surface area contributed by atoms with Crippen LogP contribution in [0.4, 0.5) is 9.52 Å². The van der Waals surface area contributed by atoms with Crippen molar-refractivity contribution in [3.8, 4) is 0 Å². The van der Waals surface area contributed by atoms with Crippen molar-refractivity contribution in [3.63, 3.8) is 0 Å². The van der Waals surface area contributed by atoms with Gasteiger partial charge in [0.2, 0.25) is 15.9 Å². The van der Waals surface area contributed by atoms with Crippen LogP contribution < -0.4 is 9.62 Å². The zero-order valence-electron chi connectivity index (χ0n) is 16.0. The lowest BCUT2D eigenvalue weighted by Crippen LogP contribution is -2.55. The molecule has 1 atom stereocenters. The molecule has 0 aliphatic carbocycles. The number of benzene rings is 1. The van der Waals surface area contributed by atoms with E-state index in [1.54, 1.807) is 22.4 Å². The average molecular weight is 459 g/mol. The zero-order chi connectivity index (χ0) is 20.9. The summed E-state index contributed by atoms with van der Waals surface area (Å²) in [4.78, 5) is 20.7. The second-order valence-corrected chi connectivity index (χ2v) is 10.1. The summed E-state index contributed by atoms with van der Waals surface area (Å²) in [5, 5.41) is 2.82. The molecule has 3 rings (SSSR count). The van der Waals surface area contributed by atoms with E-state index in [4.69, 9.17) is 0 Å². The molecule has 1 saturated heterocycles. The summed E-state index contributed by atoms with van der Waals surface area (Å²) < 4.78 is 41.8. The second kappa shape index (κ2) is 9.88. The van der Waals surface area contributed by atoms with E-state index in [9.17, 15) is 17.6 Å². The van der Waals surface area contributed by atoms with Crippen molar-refractivity contribution in [3.05, 3.63) is 41.7 Å². The Labute approximate surface area is 178 Å². The molecule has 1 unspecified atom stereocenters. The van der Waals surface area contributed by atoms with Crippen LogP contribution in [0.1, 0.15) is 6.42 Å². The van der Waals surface area contributed by atoms with Crippen LogP contribution in [0, 0.1) is 5.82 Å². The lowest BCUT2D eigenvalue weighted by Gasteiger charge is -2.36. The molecule has 11 heteroatoms. The predicted molar refractivity (Wildman–Crippen MR) is 114 cm³/mol. The molecule has 0 bridgehead atoms. The largest absolute Gasteiger partial charge is 0.345 e. The highest BCUT2D eigenvalue weighted by atomic mass is 32.2. The normalized spacial score (nSPS) is 16.1. The molecule has 1 fully saturated rings. The first-order valence-electron chi connectivity index (χ1n) is 9.11. The minimum absolute atomic E-state index is 0.280. The molecule has 0 radical (unpaired) electrons. The first kappa shape index (κ1) is 22.0. The molecule has 2 heterocycles. The van der Waals surface area contributed by atoms with Crippen molar-refractivity contribution in [1.82, 2.24) is 14.6 Å². The topological polar surface area (TPSA) is 82.6 Å². The van der Waals surface area contributed by atoms with Gasteiger partial charge in [0, 0.05) is 37.8 Å². The van der Waals surface area contributed by atoms with E-state index < -0.39 is 26.8 Å². The van der Waals surface area contributed by atoms with Crippen LogP contribution in [0.15, 0.2) is 40.7 Å². The quantitative estimate of drug-likeness (QED) is 0.652. The number of sulfonamides is 1. The second-order valence-electron chi connectivity index (χ2n) is 6.51. The van der Waals surface area contributed by atoms with Gasteiger partial charge >= 0.3 is 0 Å². The zero-order valence-corrected chi connectivity index (χ0v) is 18.4. The van der Waals surface area contributed by atoms with Gasteiger partial charge in [-0.3, -0.25) is 4.79 Å². The summed E-state index contributed by atoms with van der Waals surface area (Å²) in [6.45, 7) is 2.23. The summed E-state index contributed by atoms with van der Waals surface area (Å²) in [5.74, 6) is -0.513. The van der Waals surface area contributed by atoms with Gasteiger partial charge in [-0.1, -0.05) is 12.1 Å². The van der Waals surface area contributed by atoms with Crippen LogP contribution in [0.2, 0.25) is 0 Å². The van der Waals surface area contributed by atoms with E-state index in [0.29, 0.717) is 38.4 Å². The molecule has 1 aliphatic heterocycles. The number of nitrogens with one attached hydrogen (secondary N) is 1. The third-order valence-electron chi connectivity index (χ3n) is 4.61. The highest BCUT2D eigenvalue weighted by Crippen LogP contribution is 2.20. The third-order valence-corrected chi connectivity index (χ3v) is 7.59. The molecule has 1 N–H and O–H groups in total. The molecule has 2 aromatic rings. The average Bonchev–Trinajstić information content (AvgIpc) is 3.26. The van der Waals surface area contributed by atoms with Crippen molar-refractivity contribution < 1.29 is 17.6 Å². The molecule has 158 valence electrons.